The quantitative estimate of drug-likeness (QED) is 0.837. The molecule has 116 valence electrons. The van der Waals surface area contributed by atoms with Crippen LogP contribution in [0.15, 0.2) is 29.2 Å². The van der Waals surface area contributed by atoms with Gasteiger partial charge in [-0.3, -0.25) is 0 Å². The summed E-state index contributed by atoms with van der Waals surface area (Å²) in [6.45, 7) is 1.12. The van der Waals surface area contributed by atoms with Gasteiger partial charge < -0.3 is 10.6 Å². The Kier molecular flexibility index (Phi) is 4.98. The van der Waals surface area contributed by atoms with Crippen LogP contribution in [-0.4, -0.2) is 55.8 Å². The third-order valence-electron chi connectivity index (χ3n) is 3.93. The maximum atomic E-state index is 12.6. The molecule has 7 heteroatoms. The van der Waals surface area contributed by atoms with Gasteiger partial charge in [0.15, 0.2) is 0 Å². The van der Waals surface area contributed by atoms with Gasteiger partial charge in [-0.2, -0.15) is 4.31 Å². The third kappa shape index (κ3) is 3.60. The van der Waals surface area contributed by atoms with E-state index in [0.717, 1.165) is 12.8 Å². The number of sulfonamides is 1. The van der Waals surface area contributed by atoms with Gasteiger partial charge in [-0.15, -0.1) is 0 Å². The van der Waals surface area contributed by atoms with Crippen molar-refractivity contribution in [3.63, 3.8) is 0 Å². The summed E-state index contributed by atoms with van der Waals surface area (Å²) in [4.78, 5) is 2.72. The number of hydrogen-bond donors (Lipinski definition) is 1. The molecule has 0 aliphatic carbocycles. The van der Waals surface area contributed by atoms with Crippen LogP contribution in [0, 0.1) is 0 Å². The fourth-order valence-corrected chi connectivity index (χ4v) is 4.14. The Morgan fingerprint density at radius 2 is 1.76 bits per heavy atom. The predicted octanol–water partition coefficient (Wildman–Crippen LogP) is 1.04. The second kappa shape index (κ2) is 6.39. The molecule has 0 aromatic heterocycles. The van der Waals surface area contributed by atoms with Gasteiger partial charge in [0.1, 0.15) is 4.99 Å². The number of nitrogens with zero attached hydrogens (tertiary/aromatic N) is 2. The normalized spacial score (nSPS) is 18.0. The van der Waals surface area contributed by atoms with Crippen LogP contribution in [0.1, 0.15) is 18.4 Å². The van der Waals surface area contributed by atoms with Crippen molar-refractivity contribution < 1.29 is 8.42 Å². The standard InChI is InChI=1S/C14H21N3O2S2/c1-16(2)12-7-9-17(10-8-12)21(18,19)13-5-3-11(4-6-13)14(15)20/h3-6,12H,7-10H2,1-2H3,(H2,15,20). The Balaban J connectivity index is 2.13. The molecule has 0 unspecified atom stereocenters. The van der Waals surface area contributed by atoms with E-state index in [-0.39, 0.29) is 4.99 Å². The lowest BCUT2D eigenvalue weighted by Crippen LogP contribution is -2.44. The number of piperidine rings is 1. The van der Waals surface area contributed by atoms with Crippen LogP contribution < -0.4 is 5.73 Å². The highest BCUT2D eigenvalue weighted by Crippen LogP contribution is 2.22. The van der Waals surface area contributed by atoms with Crippen LogP contribution in [-0.2, 0) is 10.0 Å². The van der Waals surface area contributed by atoms with Gasteiger partial charge in [0.25, 0.3) is 0 Å². The van der Waals surface area contributed by atoms with E-state index in [4.69, 9.17) is 18.0 Å². The molecule has 1 aliphatic rings. The number of benzene rings is 1. The van der Waals surface area contributed by atoms with E-state index in [0.29, 0.717) is 29.6 Å². The first kappa shape index (κ1) is 16.4. The fourth-order valence-electron chi connectivity index (χ4n) is 2.54. The van der Waals surface area contributed by atoms with E-state index in [1.165, 1.54) is 0 Å². The van der Waals surface area contributed by atoms with E-state index >= 15 is 0 Å². The largest absolute Gasteiger partial charge is 0.389 e. The molecular formula is C14H21N3O2S2. The van der Waals surface area contributed by atoms with Crippen molar-refractivity contribution in [2.45, 2.75) is 23.8 Å². The lowest BCUT2D eigenvalue weighted by atomic mass is 10.1. The van der Waals surface area contributed by atoms with Gasteiger partial charge in [-0.1, -0.05) is 24.4 Å². The summed E-state index contributed by atoms with van der Waals surface area (Å²) in [5, 5.41) is 0. The Morgan fingerprint density at radius 1 is 1.24 bits per heavy atom. The molecule has 1 aromatic rings. The highest BCUT2D eigenvalue weighted by molar-refractivity contribution is 7.89. The summed E-state index contributed by atoms with van der Waals surface area (Å²) in [5.74, 6) is 0. The van der Waals surface area contributed by atoms with Gasteiger partial charge in [-0.25, -0.2) is 8.42 Å². The highest BCUT2D eigenvalue weighted by atomic mass is 32.2. The zero-order valence-corrected chi connectivity index (χ0v) is 14.0. The molecule has 0 radical (unpaired) electrons. The minimum Gasteiger partial charge on any atom is -0.389 e. The molecule has 0 atom stereocenters. The Morgan fingerprint density at radius 3 is 2.19 bits per heavy atom. The highest BCUT2D eigenvalue weighted by Gasteiger charge is 2.29. The Bertz CT molecular complexity index is 604. The summed E-state index contributed by atoms with van der Waals surface area (Å²) in [6, 6.07) is 6.90. The summed E-state index contributed by atoms with van der Waals surface area (Å²) in [5.41, 5.74) is 6.20. The van der Waals surface area contributed by atoms with Crippen LogP contribution in [0.25, 0.3) is 0 Å². The maximum absolute atomic E-state index is 12.6. The molecule has 1 aromatic carbocycles. The zero-order chi connectivity index (χ0) is 15.6. The van der Waals surface area contributed by atoms with Gasteiger partial charge in [0.05, 0.1) is 4.90 Å². The molecule has 5 nitrogen and oxygen atoms in total. The summed E-state index contributed by atoms with van der Waals surface area (Å²) in [6.07, 6.45) is 1.72. The van der Waals surface area contributed by atoms with E-state index in [1.807, 2.05) is 14.1 Å². The van der Waals surface area contributed by atoms with Crippen molar-refractivity contribution >= 4 is 27.2 Å². The molecule has 2 N–H and O–H groups in total. The van der Waals surface area contributed by atoms with Gasteiger partial charge >= 0.3 is 0 Å². The first-order valence-electron chi connectivity index (χ1n) is 6.89. The van der Waals surface area contributed by atoms with Crippen molar-refractivity contribution in [2.24, 2.45) is 5.73 Å². The summed E-state index contributed by atoms with van der Waals surface area (Å²) >= 11 is 4.87. The number of thiocarbonyl (C=S) groups is 1. The molecule has 0 bridgehead atoms. The zero-order valence-electron chi connectivity index (χ0n) is 12.3. The third-order valence-corrected chi connectivity index (χ3v) is 6.08. The molecule has 0 spiro atoms. The van der Waals surface area contributed by atoms with Crippen molar-refractivity contribution in [3.8, 4) is 0 Å². The molecule has 1 heterocycles. The lowest BCUT2D eigenvalue weighted by molar-refractivity contribution is 0.196. The van der Waals surface area contributed by atoms with Crippen LogP contribution in [0.2, 0.25) is 0 Å². The van der Waals surface area contributed by atoms with Crippen molar-refractivity contribution in [1.29, 1.82) is 0 Å². The van der Waals surface area contributed by atoms with Crippen LogP contribution in [0.5, 0.6) is 0 Å². The molecule has 1 saturated heterocycles. The average molecular weight is 327 g/mol. The number of hydrogen-bond acceptors (Lipinski definition) is 4. The van der Waals surface area contributed by atoms with Crippen molar-refractivity contribution in [1.82, 2.24) is 9.21 Å². The van der Waals surface area contributed by atoms with E-state index < -0.39 is 10.0 Å². The molecule has 0 amide bonds. The van der Waals surface area contributed by atoms with Gasteiger partial charge in [-0.05, 0) is 39.1 Å². The Labute approximate surface area is 131 Å². The van der Waals surface area contributed by atoms with E-state index in [2.05, 4.69) is 4.90 Å². The second-order valence-electron chi connectivity index (χ2n) is 5.49. The number of rotatable bonds is 4. The molecule has 21 heavy (non-hydrogen) atoms. The van der Waals surface area contributed by atoms with Gasteiger partial charge in [0, 0.05) is 24.7 Å². The monoisotopic (exact) mass is 327 g/mol. The molecule has 0 saturated carbocycles. The minimum atomic E-state index is -3.42. The lowest BCUT2D eigenvalue weighted by Gasteiger charge is -2.34. The maximum Gasteiger partial charge on any atom is 0.243 e. The molecule has 2 rings (SSSR count). The van der Waals surface area contributed by atoms with Crippen molar-refractivity contribution in [2.75, 3.05) is 27.2 Å². The van der Waals surface area contributed by atoms with Crippen LogP contribution in [0.3, 0.4) is 0 Å². The molecular weight excluding hydrogens is 306 g/mol. The summed E-state index contributed by atoms with van der Waals surface area (Å²) in [7, 11) is 0.639. The summed E-state index contributed by atoms with van der Waals surface area (Å²) < 4.78 is 26.7. The van der Waals surface area contributed by atoms with E-state index in [1.54, 1.807) is 28.6 Å². The second-order valence-corrected chi connectivity index (χ2v) is 7.87. The fraction of sp³-hybridized carbons (Fsp3) is 0.500. The smallest absolute Gasteiger partial charge is 0.243 e. The minimum absolute atomic E-state index is 0.269. The Hall–Kier alpha value is -1.02. The van der Waals surface area contributed by atoms with Crippen LogP contribution in [0.4, 0.5) is 0 Å². The first-order chi connectivity index (χ1) is 9.82. The predicted molar refractivity (Wildman–Crippen MR) is 87.8 cm³/mol. The molecule has 1 aliphatic heterocycles. The van der Waals surface area contributed by atoms with Crippen LogP contribution >= 0.6 is 12.2 Å². The topological polar surface area (TPSA) is 66.6 Å². The SMILES string of the molecule is CN(C)C1CCN(S(=O)(=O)c2ccc(C(N)=S)cc2)CC1. The van der Waals surface area contributed by atoms with Gasteiger partial charge in [0.2, 0.25) is 10.0 Å². The first-order valence-corrected chi connectivity index (χ1v) is 8.73. The molecule has 1 fully saturated rings. The average Bonchev–Trinajstić information content (AvgIpc) is 2.47. The van der Waals surface area contributed by atoms with Crippen molar-refractivity contribution in [3.05, 3.63) is 29.8 Å². The number of nitrogens with two attached hydrogens (primary N) is 1. The van der Waals surface area contributed by atoms with E-state index in [9.17, 15) is 8.42 Å².